The number of aryl methyl sites for hydroxylation is 1. The zero-order valence-corrected chi connectivity index (χ0v) is 10.6. The quantitative estimate of drug-likeness (QED) is 0.855. The van der Waals surface area contributed by atoms with Gasteiger partial charge in [-0.15, -0.1) is 12.4 Å². The second kappa shape index (κ2) is 5.37. The number of hydrogen-bond acceptors (Lipinski definition) is 2. The van der Waals surface area contributed by atoms with Gasteiger partial charge >= 0.3 is 0 Å². The van der Waals surface area contributed by atoms with Crippen molar-refractivity contribution < 1.29 is 0 Å². The Morgan fingerprint density at radius 1 is 1.18 bits per heavy atom. The van der Waals surface area contributed by atoms with Gasteiger partial charge in [0.25, 0.3) is 0 Å². The van der Waals surface area contributed by atoms with Crippen LogP contribution in [0.1, 0.15) is 24.0 Å². The van der Waals surface area contributed by atoms with Gasteiger partial charge < -0.3 is 5.32 Å². The van der Waals surface area contributed by atoms with E-state index in [1.807, 2.05) is 0 Å². The molecule has 0 amide bonds. The number of rotatable bonds is 2. The molecule has 0 aromatic heterocycles. The lowest BCUT2D eigenvalue weighted by atomic mass is 9.91. The van der Waals surface area contributed by atoms with E-state index in [4.69, 9.17) is 0 Å². The first-order valence-corrected chi connectivity index (χ1v) is 5.96. The van der Waals surface area contributed by atoms with Gasteiger partial charge in [-0.25, -0.2) is 0 Å². The van der Waals surface area contributed by atoms with Gasteiger partial charge in [-0.1, -0.05) is 35.9 Å². The van der Waals surface area contributed by atoms with E-state index in [0.717, 1.165) is 19.5 Å². The van der Waals surface area contributed by atoms with Crippen molar-refractivity contribution >= 4 is 24.3 Å². The van der Waals surface area contributed by atoms with Crippen LogP contribution in [-0.2, 0) is 6.42 Å². The molecule has 0 atom stereocenters. The predicted octanol–water partition coefficient (Wildman–Crippen LogP) is 2.83. The molecule has 17 heavy (non-hydrogen) atoms. The Bertz CT molecular complexity index is 463. The molecule has 3 rings (SSSR count). The van der Waals surface area contributed by atoms with E-state index in [2.05, 4.69) is 40.7 Å². The van der Waals surface area contributed by atoms with Crippen LogP contribution in [0, 0.1) is 0 Å². The number of fused-ring (bicyclic) bond motifs is 1. The molecule has 1 heterocycles. The highest BCUT2D eigenvalue weighted by atomic mass is 35.5. The van der Waals surface area contributed by atoms with Crippen molar-refractivity contribution in [1.29, 1.82) is 0 Å². The van der Waals surface area contributed by atoms with Crippen molar-refractivity contribution in [3.63, 3.8) is 0 Å². The van der Waals surface area contributed by atoms with Crippen LogP contribution in [0.3, 0.4) is 0 Å². The molecule has 3 heteroatoms. The summed E-state index contributed by atoms with van der Waals surface area (Å²) in [5, 5.41) is 3.34. The van der Waals surface area contributed by atoms with Crippen LogP contribution in [0.2, 0.25) is 0 Å². The van der Waals surface area contributed by atoms with Crippen LogP contribution in [0.15, 0.2) is 34.8 Å². The van der Waals surface area contributed by atoms with E-state index < -0.39 is 0 Å². The molecule has 2 aliphatic rings. The highest BCUT2D eigenvalue weighted by Gasteiger charge is 2.13. The Balaban J connectivity index is 0.00000108. The highest BCUT2D eigenvalue weighted by Crippen LogP contribution is 2.25. The summed E-state index contributed by atoms with van der Waals surface area (Å²) >= 11 is 0. The number of aliphatic imine (C=N–C) groups is 1. The van der Waals surface area contributed by atoms with Gasteiger partial charge in [0.2, 0.25) is 0 Å². The first kappa shape index (κ1) is 12.2. The summed E-state index contributed by atoms with van der Waals surface area (Å²) in [6, 6.07) is 8.68. The summed E-state index contributed by atoms with van der Waals surface area (Å²) < 4.78 is 0. The molecule has 1 aromatic rings. The van der Waals surface area contributed by atoms with Gasteiger partial charge in [0.15, 0.2) is 0 Å². The summed E-state index contributed by atoms with van der Waals surface area (Å²) in [6.45, 7) is 1.96. The first-order chi connectivity index (χ1) is 7.92. The normalized spacial score (nSPS) is 17.4. The first-order valence-electron chi connectivity index (χ1n) is 5.96. The van der Waals surface area contributed by atoms with Gasteiger partial charge in [0, 0.05) is 13.0 Å². The fraction of sp³-hybridized carbons (Fsp3) is 0.357. The minimum Gasteiger partial charge on any atom is -0.372 e. The van der Waals surface area contributed by atoms with Gasteiger partial charge in [-0.2, -0.15) is 0 Å². The molecule has 1 aliphatic heterocycles. The maximum absolute atomic E-state index is 4.45. The number of benzene rings is 1. The van der Waals surface area contributed by atoms with Gasteiger partial charge in [-0.05, 0) is 24.0 Å². The third-order valence-corrected chi connectivity index (χ3v) is 3.27. The summed E-state index contributed by atoms with van der Waals surface area (Å²) in [5.41, 5.74) is 4.38. The topological polar surface area (TPSA) is 24.4 Å². The van der Waals surface area contributed by atoms with E-state index in [9.17, 15) is 0 Å². The summed E-state index contributed by atoms with van der Waals surface area (Å²) in [7, 11) is 0. The second-order valence-corrected chi connectivity index (χ2v) is 4.43. The van der Waals surface area contributed by atoms with Crippen LogP contribution >= 0.6 is 12.4 Å². The molecule has 0 bridgehead atoms. The Morgan fingerprint density at radius 2 is 2.06 bits per heavy atom. The molecule has 2 nitrogen and oxygen atoms in total. The van der Waals surface area contributed by atoms with E-state index in [1.165, 1.54) is 35.4 Å². The largest absolute Gasteiger partial charge is 0.372 e. The molecule has 1 aromatic carbocycles. The average Bonchev–Trinajstić information content (AvgIpc) is 2.82. The van der Waals surface area contributed by atoms with Crippen molar-refractivity contribution in [2.24, 2.45) is 4.99 Å². The van der Waals surface area contributed by atoms with E-state index in [0.29, 0.717) is 0 Å². The lowest BCUT2D eigenvalue weighted by Gasteiger charge is -2.16. The molecule has 0 saturated heterocycles. The van der Waals surface area contributed by atoms with Crippen molar-refractivity contribution in [3.8, 4) is 0 Å². The molecular weight excluding hydrogens is 232 g/mol. The Morgan fingerprint density at radius 3 is 2.88 bits per heavy atom. The van der Waals surface area contributed by atoms with Crippen molar-refractivity contribution in [2.45, 2.75) is 19.3 Å². The van der Waals surface area contributed by atoms with Crippen LogP contribution in [0.4, 0.5) is 0 Å². The predicted molar refractivity (Wildman–Crippen MR) is 74.9 cm³/mol. The number of nitrogens with zero attached hydrogens (tertiary/aromatic N) is 1. The molecule has 0 unspecified atom stereocenters. The standard InChI is InChI=1S/C14H16N2.ClH/c1-2-4-13-9-11(5-6-12(13)3-1)10-14-15-7-8-16-14;/h1-4,9H,5-8,10H2,(H,15,16);1H. The minimum absolute atomic E-state index is 0. The summed E-state index contributed by atoms with van der Waals surface area (Å²) in [6.07, 6.45) is 5.70. The molecule has 0 fully saturated rings. The smallest absolute Gasteiger partial charge is 0.101 e. The van der Waals surface area contributed by atoms with Crippen LogP contribution < -0.4 is 5.32 Å². The van der Waals surface area contributed by atoms with Crippen LogP contribution in [0.5, 0.6) is 0 Å². The number of hydrogen-bond donors (Lipinski definition) is 1. The van der Waals surface area contributed by atoms with Crippen LogP contribution in [-0.4, -0.2) is 18.9 Å². The minimum atomic E-state index is 0. The second-order valence-electron chi connectivity index (χ2n) is 4.43. The highest BCUT2D eigenvalue weighted by molar-refractivity contribution is 5.87. The molecule has 0 radical (unpaired) electrons. The molecular formula is C14H17ClN2. The fourth-order valence-corrected chi connectivity index (χ4v) is 2.41. The van der Waals surface area contributed by atoms with Crippen LogP contribution in [0.25, 0.3) is 6.08 Å². The van der Waals surface area contributed by atoms with E-state index in [-0.39, 0.29) is 12.4 Å². The Hall–Kier alpha value is -1.28. The van der Waals surface area contributed by atoms with Crippen molar-refractivity contribution in [2.75, 3.05) is 13.1 Å². The Kier molecular flexibility index (Phi) is 3.85. The van der Waals surface area contributed by atoms with Gasteiger partial charge in [0.05, 0.1) is 6.54 Å². The maximum Gasteiger partial charge on any atom is 0.101 e. The van der Waals surface area contributed by atoms with Gasteiger partial charge in [-0.3, -0.25) is 4.99 Å². The lowest BCUT2D eigenvalue weighted by Crippen LogP contribution is -2.19. The molecule has 1 N–H and O–H groups in total. The zero-order valence-electron chi connectivity index (χ0n) is 9.78. The SMILES string of the molecule is C1=C(CC2=NCCN2)CCc2ccccc21.Cl. The summed E-state index contributed by atoms with van der Waals surface area (Å²) in [4.78, 5) is 4.45. The monoisotopic (exact) mass is 248 g/mol. The van der Waals surface area contributed by atoms with Crippen molar-refractivity contribution in [1.82, 2.24) is 5.32 Å². The number of nitrogens with one attached hydrogen (secondary N) is 1. The Labute approximate surface area is 108 Å². The maximum atomic E-state index is 4.45. The fourth-order valence-electron chi connectivity index (χ4n) is 2.41. The van der Waals surface area contributed by atoms with Crippen molar-refractivity contribution in [3.05, 3.63) is 41.0 Å². The zero-order chi connectivity index (χ0) is 10.8. The lowest BCUT2D eigenvalue weighted by molar-refractivity contribution is 0.895. The molecule has 1 aliphatic carbocycles. The third-order valence-electron chi connectivity index (χ3n) is 3.27. The average molecular weight is 249 g/mol. The van der Waals surface area contributed by atoms with E-state index in [1.54, 1.807) is 0 Å². The number of amidine groups is 1. The van der Waals surface area contributed by atoms with E-state index >= 15 is 0 Å². The number of halogens is 1. The molecule has 0 saturated carbocycles. The van der Waals surface area contributed by atoms with Gasteiger partial charge in [0.1, 0.15) is 5.84 Å². The third kappa shape index (κ3) is 2.70. The molecule has 90 valence electrons. The molecule has 0 spiro atoms. The summed E-state index contributed by atoms with van der Waals surface area (Å²) in [5.74, 6) is 1.17.